The zero-order valence-electron chi connectivity index (χ0n) is 15.4. The highest BCUT2D eigenvalue weighted by atomic mass is 35.5. The Morgan fingerprint density at radius 3 is 2.50 bits per heavy atom. The maximum absolute atomic E-state index is 12.2. The molecular formula is C19H23ClF3N3O2. The molecule has 2 N–H and O–H groups in total. The summed E-state index contributed by atoms with van der Waals surface area (Å²) in [5.41, 5.74) is 1.50. The molecule has 2 saturated heterocycles. The first kappa shape index (κ1) is 20.9. The van der Waals surface area contributed by atoms with Crippen LogP contribution < -0.4 is 10.6 Å². The normalized spacial score (nSPS) is 21.1. The molecule has 3 aliphatic heterocycles. The van der Waals surface area contributed by atoms with Gasteiger partial charge in [0, 0.05) is 29.2 Å². The number of likely N-dealkylation sites (tertiary alicyclic amines) is 1. The van der Waals surface area contributed by atoms with E-state index >= 15 is 0 Å². The Labute approximate surface area is 166 Å². The van der Waals surface area contributed by atoms with Crippen molar-refractivity contribution in [2.75, 3.05) is 31.5 Å². The maximum atomic E-state index is 12.2. The van der Waals surface area contributed by atoms with Crippen molar-refractivity contribution < 1.29 is 22.8 Å². The molecule has 154 valence electrons. The highest BCUT2D eigenvalue weighted by molar-refractivity contribution is 6.33. The van der Waals surface area contributed by atoms with Crippen LogP contribution in [0, 0.1) is 0 Å². The van der Waals surface area contributed by atoms with Crippen molar-refractivity contribution >= 4 is 29.1 Å². The number of hydrogen-bond donors (Lipinski definition) is 2. The van der Waals surface area contributed by atoms with Gasteiger partial charge in [0.2, 0.25) is 11.8 Å². The van der Waals surface area contributed by atoms with E-state index in [9.17, 15) is 22.8 Å². The molecule has 0 atom stereocenters. The third-order valence-electron chi connectivity index (χ3n) is 5.42. The standard InChI is InChI=1S/C12H13ClN2O.C7H10F3NO/c13-8-2-1-3-9-10(8)12(11(16)15-9)4-6-14-7-5-12;8-7(9,10)5-11-4-2-1-3-6(11)12/h1-3,14H,4-7H2,(H,15,16);1-5H2. The molecule has 0 bridgehead atoms. The summed E-state index contributed by atoms with van der Waals surface area (Å²) in [7, 11) is 0. The molecule has 1 spiro atoms. The lowest BCUT2D eigenvalue weighted by Gasteiger charge is -2.32. The first-order chi connectivity index (χ1) is 13.2. The molecule has 3 heterocycles. The van der Waals surface area contributed by atoms with E-state index < -0.39 is 12.7 Å². The van der Waals surface area contributed by atoms with Crippen LogP contribution in [0.3, 0.4) is 0 Å². The van der Waals surface area contributed by atoms with Crippen molar-refractivity contribution in [3.63, 3.8) is 0 Å². The molecule has 1 aromatic rings. The molecule has 28 heavy (non-hydrogen) atoms. The summed E-state index contributed by atoms with van der Waals surface area (Å²) in [4.78, 5) is 23.9. The predicted molar refractivity (Wildman–Crippen MR) is 100 cm³/mol. The molecule has 0 aliphatic carbocycles. The molecule has 0 saturated carbocycles. The molecule has 0 aromatic heterocycles. The second kappa shape index (κ2) is 8.29. The third kappa shape index (κ3) is 4.43. The monoisotopic (exact) mass is 417 g/mol. The largest absolute Gasteiger partial charge is 0.406 e. The number of carbonyl (C=O) groups is 2. The van der Waals surface area contributed by atoms with Gasteiger partial charge in [-0.15, -0.1) is 0 Å². The summed E-state index contributed by atoms with van der Waals surface area (Å²) in [6.45, 7) is 0.903. The molecule has 0 unspecified atom stereocenters. The van der Waals surface area contributed by atoms with Crippen molar-refractivity contribution in [1.29, 1.82) is 0 Å². The number of carbonyl (C=O) groups excluding carboxylic acids is 2. The Bertz CT molecular complexity index is 748. The van der Waals surface area contributed by atoms with E-state index in [0.717, 1.165) is 42.1 Å². The van der Waals surface area contributed by atoms with Gasteiger partial charge < -0.3 is 15.5 Å². The number of rotatable bonds is 1. The van der Waals surface area contributed by atoms with Crippen molar-refractivity contribution in [1.82, 2.24) is 10.2 Å². The van der Waals surface area contributed by atoms with Gasteiger partial charge in [-0.05, 0) is 50.9 Å². The van der Waals surface area contributed by atoms with Gasteiger partial charge in [0.15, 0.2) is 0 Å². The zero-order chi connectivity index (χ0) is 20.4. The fraction of sp³-hybridized carbons (Fsp3) is 0.579. The molecule has 2 fully saturated rings. The SMILES string of the molecule is O=C1CCCCN1CC(F)(F)F.O=C1Nc2cccc(Cl)c2C12CCNCC2. The second-order valence-electron chi connectivity index (χ2n) is 7.34. The number of hydrogen-bond acceptors (Lipinski definition) is 3. The first-order valence-corrected chi connectivity index (χ1v) is 9.76. The van der Waals surface area contributed by atoms with Gasteiger partial charge in [-0.1, -0.05) is 17.7 Å². The predicted octanol–water partition coefficient (Wildman–Crippen LogP) is 3.47. The quantitative estimate of drug-likeness (QED) is 0.735. The van der Waals surface area contributed by atoms with Gasteiger partial charge >= 0.3 is 6.18 Å². The van der Waals surface area contributed by atoms with Gasteiger partial charge in [-0.25, -0.2) is 0 Å². The van der Waals surface area contributed by atoms with Gasteiger partial charge in [0.25, 0.3) is 0 Å². The van der Waals surface area contributed by atoms with Crippen molar-refractivity contribution in [2.45, 2.75) is 43.7 Å². The molecular weight excluding hydrogens is 395 g/mol. The van der Waals surface area contributed by atoms with Crippen molar-refractivity contribution in [2.24, 2.45) is 0 Å². The minimum Gasteiger partial charge on any atom is -0.334 e. The van der Waals surface area contributed by atoms with Crippen LogP contribution in [-0.2, 0) is 15.0 Å². The van der Waals surface area contributed by atoms with Crippen LogP contribution in [-0.4, -0.2) is 49.1 Å². The van der Waals surface area contributed by atoms with Crippen LogP contribution in [0.15, 0.2) is 18.2 Å². The van der Waals surface area contributed by atoms with E-state index in [0.29, 0.717) is 17.9 Å². The number of nitrogens with one attached hydrogen (secondary N) is 2. The molecule has 4 rings (SSSR count). The fourth-order valence-electron chi connectivity index (χ4n) is 4.05. The fourth-order valence-corrected chi connectivity index (χ4v) is 4.40. The average Bonchev–Trinajstić information content (AvgIpc) is 2.90. The Balaban J connectivity index is 0.000000169. The third-order valence-corrected chi connectivity index (χ3v) is 5.74. The number of nitrogens with zero attached hydrogens (tertiary/aromatic N) is 1. The van der Waals surface area contributed by atoms with E-state index in [1.165, 1.54) is 0 Å². The lowest BCUT2D eigenvalue weighted by atomic mass is 9.74. The van der Waals surface area contributed by atoms with Crippen LogP contribution in [0.25, 0.3) is 0 Å². The Hall–Kier alpha value is -1.80. The van der Waals surface area contributed by atoms with Crippen molar-refractivity contribution in [3.05, 3.63) is 28.8 Å². The van der Waals surface area contributed by atoms with Gasteiger partial charge in [-0.3, -0.25) is 9.59 Å². The Morgan fingerprint density at radius 2 is 1.86 bits per heavy atom. The molecule has 3 aliphatic rings. The number of anilines is 1. The summed E-state index contributed by atoms with van der Waals surface area (Å²) >= 11 is 6.25. The number of fused-ring (bicyclic) bond motifs is 2. The zero-order valence-corrected chi connectivity index (χ0v) is 16.1. The van der Waals surface area contributed by atoms with E-state index in [1.54, 1.807) is 0 Å². The lowest BCUT2D eigenvalue weighted by Crippen LogP contribution is -2.44. The topological polar surface area (TPSA) is 61.4 Å². The molecule has 1 aromatic carbocycles. The maximum Gasteiger partial charge on any atom is 0.406 e. The van der Waals surface area contributed by atoms with Crippen LogP contribution in [0.2, 0.25) is 5.02 Å². The van der Waals surface area contributed by atoms with Crippen LogP contribution >= 0.6 is 11.6 Å². The van der Waals surface area contributed by atoms with E-state index in [4.69, 9.17) is 11.6 Å². The first-order valence-electron chi connectivity index (χ1n) is 9.39. The van der Waals surface area contributed by atoms with Crippen LogP contribution in [0.5, 0.6) is 0 Å². The van der Waals surface area contributed by atoms with Gasteiger partial charge in [0.05, 0.1) is 5.41 Å². The summed E-state index contributed by atoms with van der Waals surface area (Å²) in [5.74, 6) is -0.268. The van der Waals surface area contributed by atoms with E-state index in [2.05, 4.69) is 10.6 Å². The van der Waals surface area contributed by atoms with Gasteiger partial charge in [-0.2, -0.15) is 13.2 Å². The Morgan fingerprint density at radius 1 is 1.14 bits per heavy atom. The number of amides is 2. The highest BCUT2D eigenvalue weighted by Gasteiger charge is 2.48. The summed E-state index contributed by atoms with van der Waals surface area (Å²) in [5, 5.41) is 6.94. The number of halogens is 4. The molecule has 9 heteroatoms. The second-order valence-corrected chi connectivity index (χ2v) is 7.74. The minimum absolute atomic E-state index is 0.108. The van der Waals surface area contributed by atoms with E-state index in [-0.39, 0.29) is 30.2 Å². The lowest BCUT2D eigenvalue weighted by molar-refractivity contribution is -0.163. The smallest absolute Gasteiger partial charge is 0.334 e. The Kier molecular flexibility index (Phi) is 6.19. The molecule has 5 nitrogen and oxygen atoms in total. The summed E-state index contributed by atoms with van der Waals surface area (Å²) in [6, 6.07) is 5.67. The molecule has 0 radical (unpaired) electrons. The van der Waals surface area contributed by atoms with Crippen LogP contribution in [0.4, 0.5) is 18.9 Å². The summed E-state index contributed by atoms with van der Waals surface area (Å²) < 4.78 is 35.5. The number of piperidine rings is 2. The van der Waals surface area contributed by atoms with E-state index in [1.807, 2.05) is 18.2 Å². The molecule has 2 amide bonds. The number of benzene rings is 1. The average molecular weight is 418 g/mol. The summed E-state index contributed by atoms with van der Waals surface area (Å²) in [6.07, 6.45) is -0.941. The van der Waals surface area contributed by atoms with Gasteiger partial charge in [0.1, 0.15) is 6.54 Å². The highest BCUT2D eigenvalue weighted by Crippen LogP contribution is 2.46. The minimum atomic E-state index is -4.26. The number of alkyl halides is 3. The van der Waals surface area contributed by atoms with Crippen molar-refractivity contribution in [3.8, 4) is 0 Å². The van der Waals surface area contributed by atoms with Crippen LogP contribution in [0.1, 0.15) is 37.7 Å².